The molecule has 28 heavy (non-hydrogen) atoms. The van der Waals surface area contributed by atoms with Gasteiger partial charge in [-0.1, -0.05) is 13.0 Å². The molecule has 0 unspecified atom stereocenters. The van der Waals surface area contributed by atoms with Crippen molar-refractivity contribution in [1.29, 1.82) is 0 Å². The number of hydrogen-bond donors (Lipinski definition) is 1. The van der Waals surface area contributed by atoms with Gasteiger partial charge in [0.05, 0.1) is 12.8 Å². The second-order valence-electron chi connectivity index (χ2n) is 6.11. The van der Waals surface area contributed by atoms with Crippen molar-refractivity contribution in [1.82, 2.24) is 15.4 Å². The Morgan fingerprint density at radius 2 is 1.89 bits per heavy atom. The first-order valence-electron chi connectivity index (χ1n) is 9.14. The standard InChI is InChI=1S/C22H22N4O2/c1-2-17-3-6-20(24-15-17)11-14-28-21-7-4-18(5-8-21)16-25-26-22(27)19-9-12-23-13-10-19/h3-10,12-13,15-16H,2,11,14H2,1H3,(H,26,27)/b25-16+. The number of hydrazone groups is 1. The van der Waals surface area contributed by atoms with Gasteiger partial charge in [0.15, 0.2) is 0 Å². The van der Waals surface area contributed by atoms with Crippen LogP contribution in [0.5, 0.6) is 5.75 Å². The number of amides is 1. The van der Waals surface area contributed by atoms with E-state index in [1.165, 1.54) is 5.56 Å². The maximum absolute atomic E-state index is 11.9. The SMILES string of the molecule is CCc1ccc(CCOc2ccc(/C=N/NC(=O)c3ccncc3)cc2)nc1. The van der Waals surface area contributed by atoms with Crippen LogP contribution in [0.3, 0.4) is 0 Å². The molecule has 6 nitrogen and oxygen atoms in total. The zero-order valence-corrected chi connectivity index (χ0v) is 15.7. The lowest BCUT2D eigenvalue weighted by molar-refractivity contribution is 0.0955. The number of pyridine rings is 2. The van der Waals surface area contributed by atoms with E-state index in [9.17, 15) is 4.79 Å². The van der Waals surface area contributed by atoms with E-state index in [-0.39, 0.29) is 5.91 Å². The van der Waals surface area contributed by atoms with E-state index in [2.05, 4.69) is 33.5 Å². The van der Waals surface area contributed by atoms with E-state index < -0.39 is 0 Å². The lowest BCUT2D eigenvalue weighted by Crippen LogP contribution is -2.17. The van der Waals surface area contributed by atoms with Crippen LogP contribution in [-0.4, -0.2) is 28.7 Å². The molecule has 0 fully saturated rings. The van der Waals surface area contributed by atoms with Crippen molar-refractivity contribution in [2.24, 2.45) is 5.10 Å². The van der Waals surface area contributed by atoms with Gasteiger partial charge in [0.1, 0.15) is 5.75 Å². The molecule has 0 aliphatic heterocycles. The number of hydrogen-bond acceptors (Lipinski definition) is 5. The predicted molar refractivity (Wildman–Crippen MR) is 109 cm³/mol. The van der Waals surface area contributed by atoms with Crippen molar-refractivity contribution >= 4 is 12.1 Å². The van der Waals surface area contributed by atoms with E-state index in [4.69, 9.17) is 4.74 Å². The maximum atomic E-state index is 11.9. The lowest BCUT2D eigenvalue weighted by Gasteiger charge is -2.06. The number of aryl methyl sites for hydroxylation is 1. The Bertz CT molecular complexity index is 908. The van der Waals surface area contributed by atoms with Crippen LogP contribution in [-0.2, 0) is 12.8 Å². The van der Waals surface area contributed by atoms with Crippen molar-refractivity contribution < 1.29 is 9.53 Å². The fourth-order valence-electron chi connectivity index (χ4n) is 2.47. The number of ether oxygens (including phenoxy) is 1. The van der Waals surface area contributed by atoms with Crippen LogP contribution in [0, 0.1) is 0 Å². The van der Waals surface area contributed by atoms with Gasteiger partial charge in [0, 0.05) is 36.3 Å². The van der Waals surface area contributed by atoms with Crippen LogP contribution in [0.4, 0.5) is 0 Å². The molecule has 0 spiro atoms. The van der Waals surface area contributed by atoms with Crippen molar-refractivity contribution in [3.8, 4) is 5.75 Å². The number of carbonyl (C=O) groups is 1. The zero-order chi connectivity index (χ0) is 19.6. The molecule has 0 aliphatic carbocycles. The van der Waals surface area contributed by atoms with Crippen molar-refractivity contribution in [3.05, 3.63) is 89.5 Å². The molecule has 0 bridgehead atoms. The summed E-state index contributed by atoms with van der Waals surface area (Å²) in [5.41, 5.74) is 6.11. The van der Waals surface area contributed by atoms with Gasteiger partial charge in [-0.15, -0.1) is 0 Å². The van der Waals surface area contributed by atoms with Crippen LogP contribution in [0.25, 0.3) is 0 Å². The first-order valence-corrected chi connectivity index (χ1v) is 9.14. The molecular weight excluding hydrogens is 352 g/mol. The summed E-state index contributed by atoms with van der Waals surface area (Å²) in [6.45, 7) is 2.68. The summed E-state index contributed by atoms with van der Waals surface area (Å²) >= 11 is 0. The third kappa shape index (κ3) is 5.74. The Morgan fingerprint density at radius 3 is 2.57 bits per heavy atom. The molecule has 1 aromatic carbocycles. The molecule has 0 atom stereocenters. The number of rotatable bonds is 8. The maximum Gasteiger partial charge on any atom is 0.271 e. The van der Waals surface area contributed by atoms with Gasteiger partial charge < -0.3 is 4.74 Å². The highest BCUT2D eigenvalue weighted by atomic mass is 16.5. The average Bonchev–Trinajstić information content (AvgIpc) is 2.76. The van der Waals surface area contributed by atoms with Crippen LogP contribution in [0.15, 0.2) is 72.2 Å². The summed E-state index contributed by atoms with van der Waals surface area (Å²) in [7, 11) is 0. The smallest absolute Gasteiger partial charge is 0.271 e. The molecule has 3 rings (SSSR count). The monoisotopic (exact) mass is 374 g/mol. The summed E-state index contributed by atoms with van der Waals surface area (Å²) in [5.74, 6) is 0.502. The van der Waals surface area contributed by atoms with Crippen LogP contribution < -0.4 is 10.2 Å². The first-order chi connectivity index (χ1) is 13.7. The highest BCUT2D eigenvalue weighted by Crippen LogP contribution is 2.12. The second-order valence-corrected chi connectivity index (χ2v) is 6.11. The third-order valence-electron chi connectivity index (χ3n) is 4.12. The fraction of sp³-hybridized carbons (Fsp3) is 0.182. The third-order valence-corrected chi connectivity index (χ3v) is 4.12. The van der Waals surface area contributed by atoms with Crippen LogP contribution in [0.1, 0.15) is 34.1 Å². The minimum Gasteiger partial charge on any atom is -0.493 e. The Kier molecular flexibility index (Phi) is 6.84. The minimum absolute atomic E-state index is 0.279. The highest BCUT2D eigenvalue weighted by molar-refractivity contribution is 5.94. The van der Waals surface area contributed by atoms with Crippen molar-refractivity contribution in [2.45, 2.75) is 19.8 Å². The van der Waals surface area contributed by atoms with E-state index in [1.807, 2.05) is 36.5 Å². The molecule has 0 aliphatic rings. The molecule has 2 heterocycles. The molecule has 1 N–H and O–H groups in total. The summed E-state index contributed by atoms with van der Waals surface area (Å²) < 4.78 is 5.76. The lowest BCUT2D eigenvalue weighted by atomic mass is 10.2. The average molecular weight is 374 g/mol. The fourth-order valence-corrected chi connectivity index (χ4v) is 2.47. The first kappa shape index (κ1) is 19.2. The van der Waals surface area contributed by atoms with E-state index >= 15 is 0 Å². The Balaban J connectivity index is 1.44. The quantitative estimate of drug-likeness (QED) is 0.484. The van der Waals surface area contributed by atoms with Gasteiger partial charge in [-0.05, 0) is 60.0 Å². The van der Waals surface area contributed by atoms with Gasteiger partial charge >= 0.3 is 0 Å². The Hall–Kier alpha value is -3.54. The number of nitrogens with one attached hydrogen (secondary N) is 1. The number of carbonyl (C=O) groups excluding carboxylic acids is 1. The summed E-state index contributed by atoms with van der Waals surface area (Å²) in [6, 6.07) is 14.9. The predicted octanol–water partition coefficient (Wildman–Crippen LogP) is 3.42. The second kappa shape index (κ2) is 9.97. The zero-order valence-electron chi connectivity index (χ0n) is 15.7. The molecular formula is C22H22N4O2. The van der Waals surface area contributed by atoms with E-state index in [0.717, 1.165) is 29.8 Å². The van der Waals surface area contributed by atoms with E-state index in [1.54, 1.807) is 30.7 Å². The Labute approximate surface area is 164 Å². The van der Waals surface area contributed by atoms with Gasteiger partial charge in [-0.2, -0.15) is 5.10 Å². The van der Waals surface area contributed by atoms with Crippen LogP contribution >= 0.6 is 0 Å². The van der Waals surface area contributed by atoms with Crippen LogP contribution in [0.2, 0.25) is 0 Å². The van der Waals surface area contributed by atoms with Gasteiger partial charge in [0.25, 0.3) is 5.91 Å². The van der Waals surface area contributed by atoms with Gasteiger partial charge in [0.2, 0.25) is 0 Å². The molecule has 6 heteroatoms. The molecule has 1 amide bonds. The van der Waals surface area contributed by atoms with Gasteiger partial charge in [-0.25, -0.2) is 5.43 Å². The molecule has 0 radical (unpaired) electrons. The van der Waals surface area contributed by atoms with Gasteiger partial charge in [-0.3, -0.25) is 14.8 Å². The molecule has 2 aromatic heterocycles. The largest absolute Gasteiger partial charge is 0.493 e. The topological polar surface area (TPSA) is 76.5 Å². The van der Waals surface area contributed by atoms with Crippen molar-refractivity contribution in [2.75, 3.05) is 6.61 Å². The normalized spacial score (nSPS) is 10.8. The molecule has 0 saturated heterocycles. The number of benzene rings is 1. The summed E-state index contributed by atoms with van der Waals surface area (Å²) in [4.78, 5) is 20.2. The number of nitrogens with zero attached hydrogens (tertiary/aromatic N) is 3. The van der Waals surface area contributed by atoms with E-state index in [0.29, 0.717) is 12.2 Å². The number of aromatic nitrogens is 2. The molecule has 0 saturated carbocycles. The highest BCUT2D eigenvalue weighted by Gasteiger charge is 2.02. The summed E-state index contributed by atoms with van der Waals surface area (Å²) in [5, 5.41) is 3.97. The molecule has 142 valence electrons. The van der Waals surface area contributed by atoms with Crippen molar-refractivity contribution in [3.63, 3.8) is 0 Å². The minimum atomic E-state index is -0.279. The Morgan fingerprint density at radius 1 is 1.11 bits per heavy atom. The summed E-state index contributed by atoms with van der Waals surface area (Å²) in [6.07, 6.45) is 8.38. The molecule has 3 aromatic rings.